The molecule has 2 heterocycles. The molecule has 1 N–H and O–H groups in total. The highest BCUT2D eigenvalue weighted by Crippen LogP contribution is 2.31. The lowest BCUT2D eigenvalue weighted by molar-refractivity contribution is 0.260. The molecule has 1 aromatic heterocycles. The Morgan fingerprint density at radius 1 is 1.47 bits per heavy atom. The van der Waals surface area contributed by atoms with Crippen molar-refractivity contribution in [2.45, 2.75) is 45.1 Å². The van der Waals surface area contributed by atoms with Crippen molar-refractivity contribution in [1.82, 2.24) is 4.98 Å². The van der Waals surface area contributed by atoms with Crippen LogP contribution in [0.15, 0.2) is 18.3 Å². The van der Waals surface area contributed by atoms with Gasteiger partial charge in [-0.05, 0) is 44.2 Å². The second kappa shape index (κ2) is 7.34. The summed E-state index contributed by atoms with van der Waals surface area (Å²) in [4.78, 5) is 6.82. The number of pyridine rings is 1. The van der Waals surface area contributed by atoms with E-state index in [1.807, 2.05) is 18.3 Å². The first-order valence-electron chi connectivity index (χ1n) is 7.32. The summed E-state index contributed by atoms with van der Waals surface area (Å²) >= 11 is 0. The smallest absolute Gasteiger partial charge is 0.171 e. The third kappa shape index (κ3) is 3.60. The van der Waals surface area contributed by atoms with Crippen molar-refractivity contribution in [2.75, 3.05) is 24.7 Å². The largest absolute Gasteiger partial charge is 0.490 e. The number of hydrogen-bond donors (Lipinski definition) is 1. The molecule has 0 amide bonds. The van der Waals surface area contributed by atoms with Crippen LogP contribution in [-0.2, 0) is 0 Å². The summed E-state index contributed by atoms with van der Waals surface area (Å²) in [6.07, 6.45) is 7.17. The van der Waals surface area contributed by atoms with Crippen molar-refractivity contribution in [3.63, 3.8) is 0 Å². The fourth-order valence-electron chi connectivity index (χ4n) is 2.65. The normalized spacial score (nSPS) is 19.5. The second-order valence-corrected chi connectivity index (χ2v) is 5.03. The molecule has 1 aliphatic heterocycles. The van der Waals surface area contributed by atoms with Crippen LogP contribution in [0.5, 0.6) is 5.75 Å². The molecule has 1 aromatic rings. The number of hydrogen-bond acceptors (Lipinski definition) is 4. The lowest BCUT2D eigenvalue weighted by atomic mass is 9.99. The Labute approximate surface area is 115 Å². The first-order chi connectivity index (χ1) is 9.36. The number of piperidine rings is 1. The van der Waals surface area contributed by atoms with Crippen LogP contribution in [0, 0.1) is 0 Å². The molecule has 1 saturated heterocycles. The van der Waals surface area contributed by atoms with Crippen LogP contribution < -0.4 is 9.64 Å². The Morgan fingerprint density at radius 3 is 3.16 bits per heavy atom. The van der Waals surface area contributed by atoms with Gasteiger partial charge in [0.2, 0.25) is 0 Å². The van der Waals surface area contributed by atoms with E-state index >= 15 is 0 Å². The van der Waals surface area contributed by atoms with Gasteiger partial charge in [0.1, 0.15) is 0 Å². The third-order valence-electron chi connectivity index (χ3n) is 3.57. The van der Waals surface area contributed by atoms with E-state index in [0.29, 0.717) is 6.04 Å². The Balaban J connectivity index is 2.17. The van der Waals surface area contributed by atoms with Gasteiger partial charge in [0.15, 0.2) is 11.6 Å². The first-order valence-corrected chi connectivity index (χ1v) is 7.32. The van der Waals surface area contributed by atoms with Gasteiger partial charge in [0.25, 0.3) is 0 Å². The highest BCUT2D eigenvalue weighted by molar-refractivity contribution is 5.53. The van der Waals surface area contributed by atoms with Crippen molar-refractivity contribution >= 4 is 5.82 Å². The molecule has 4 nitrogen and oxygen atoms in total. The molecule has 1 aliphatic rings. The zero-order valence-electron chi connectivity index (χ0n) is 11.7. The van der Waals surface area contributed by atoms with Crippen molar-refractivity contribution in [2.24, 2.45) is 0 Å². The monoisotopic (exact) mass is 264 g/mol. The minimum atomic E-state index is 0.235. The number of rotatable bonds is 6. The summed E-state index contributed by atoms with van der Waals surface area (Å²) in [7, 11) is 0. The number of nitrogens with zero attached hydrogens (tertiary/aromatic N) is 2. The van der Waals surface area contributed by atoms with Gasteiger partial charge in [-0.1, -0.05) is 6.92 Å². The molecule has 4 heteroatoms. The summed E-state index contributed by atoms with van der Waals surface area (Å²) in [6.45, 7) is 4.06. The number of aromatic nitrogens is 1. The lowest BCUT2D eigenvalue weighted by Crippen LogP contribution is -2.40. The quantitative estimate of drug-likeness (QED) is 0.858. The SMILES string of the molecule is CCCOc1cccnc1N1CCCCC1CCO. The number of ether oxygens (including phenoxy) is 1. The van der Waals surface area contributed by atoms with Crippen molar-refractivity contribution in [3.8, 4) is 5.75 Å². The van der Waals surface area contributed by atoms with E-state index in [1.165, 1.54) is 12.8 Å². The van der Waals surface area contributed by atoms with E-state index in [9.17, 15) is 5.11 Å². The summed E-state index contributed by atoms with van der Waals surface area (Å²) in [5.74, 6) is 1.81. The predicted molar refractivity (Wildman–Crippen MR) is 76.7 cm³/mol. The molecule has 2 rings (SSSR count). The van der Waals surface area contributed by atoms with Crippen LogP contribution in [0.1, 0.15) is 39.0 Å². The van der Waals surface area contributed by atoms with Crippen molar-refractivity contribution in [3.05, 3.63) is 18.3 Å². The number of aliphatic hydroxyl groups excluding tert-OH is 1. The molecule has 0 spiro atoms. The summed E-state index contributed by atoms with van der Waals surface area (Å²) in [5.41, 5.74) is 0. The molecule has 0 aliphatic carbocycles. The van der Waals surface area contributed by atoms with E-state index in [0.717, 1.165) is 44.0 Å². The Morgan fingerprint density at radius 2 is 2.37 bits per heavy atom. The topological polar surface area (TPSA) is 45.6 Å². The first kappa shape index (κ1) is 14.1. The maximum atomic E-state index is 9.22. The minimum absolute atomic E-state index is 0.235. The summed E-state index contributed by atoms with van der Waals surface area (Å²) in [5, 5.41) is 9.22. The van der Waals surface area contributed by atoms with Crippen LogP contribution in [0.4, 0.5) is 5.82 Å². The van der Waals surface area contributed by atoms with Crippen LogP contribution >= 0.6 is 0 Å². The van der Waals surface area contributed by atoms with Gasteiger partial charge in [-0.15, -0.1) is 0 Å². The van der Waals surface area contributed by atoms with Crippen LogP contribution in [-0.4, -0.2) is 35.9 Å². The van der Waals surface area contributed by atoms with Gasteiger partial charge < -0.3 is 14.7 Å². The minimum Gasteiger partial charge on any atom is -0.490 e. The molecule has 1 atom stereocenters. The van der Waals surface area contributed by atoms with E-state index in [-0.39, 0.29) is 6.61 Å². The number of anilines is 1. The van der Waals surface area contributed by atoms with Crippen molar-refractivity contribution < 1.29 is 9.84 Å². The van der Waals surface area contributed by atoms with Gasteiger partial charge in [0.05, 0.1) is 6.61 Å². The maximum absolute atomic E-state index is 9.22. The summed E-state index contributed by atoms with van der Waals surface area (Å²) < 4.78 is 5.80. The van der Waals surface area contributed by atoms with Crippen LogP contribution in [0.2, 0.25) is 0 Å². The predicted octanol–water partition coefficient (Wildman–Crippen LogP) is 2.61. The molecule has 1 unspecified atom stereocenters. The Bertz CT molecular complexity index is 382. The van der Waals surface area contributed by atoms with E-state index in [4.69, 9.17) is 4.74 Å². The molecular formula is C15H24N2O2. The van der Waals surface area contributed by atoms with Crippen LogP contribution in [0.25, 0.3) is 0 Å². The Hall–Kier alpha value is -1.29. The maximum Gasteiger partial charge on any atom is 0.171 e. The molecule has 19 heavy (non-hydrogen) atoms. The Kier molecular flexibility index (Phi) is 5.45. The van der Waals surface area contributed by atoms with Crippen molar-refractivity contribution in [1.29, 1.82) is 0 Å². The number of aliphatic hydroxyl groups is 1. The van der Waals surface area contributed by atoms with Gasteiger partial charge in [0, 0.05) is 25.4 Å². The zero-order chi connectivity index (χ0) is 13.5. The molecular weight excluding hydrogens is 240 g/mol. The fourth-order valence-corrected chi connectivity index (χ4v) is 2.65. The highest BCUT2D eigenvalue weighted by atomic mass is 16.5. The van der Waals surface area contributed by atoms with E-state index in [2.05, 4.69) is 16.8 Å². The van der Waals surface area contributed by atoms with E-state index in [1.54, 1.807) is 0 Å². The van der Waals surface area contributed by atoms with Gasteiger partial charge in [-0.2, -0.15) is 0 Å². The van der Waals surface area contributed by atoms with Crippen LogP contribution in [0.3, 0.4) is 0 Å². The lowest BCUT2D eigenvalue weighted by Gasteiger charge is -2.37. The molecule has 0 radical (unpaired) electrons. The molecule has 0 bridgehead atoms. The average Bonchev–Trinajstić information content (AvgIpc) is 2.46. The van der Waals surface area contributed by atoms with Gasteiger partial charge in [-0.3, -0.25) is 0 Å². The summed E-state index contributed by atoms with van der Waals surface area (Å²) in [6, 6.07) is 4.29. The fraction of sp³-hybridized carbons (Fsp3) is 0.667. The highest BCUT2D eigenvalue weighted by Gasteiger charge is 2.25. The zero-order valence-corrected chi connectivity index (χ0v) is 11.7. The van der Waals surface area contributed by atoms with Gasteiger partial charge in [-0.25, -0.2) is 4.98 Å². The average molecular weight is 264 g/mol. The molecule has 0 aromatic carbocycles. The molecule has 0 saturated carbocycles. The third-order valence-corrected chi connectivity index (χ3v) is 3.57. The van der Waals surface area contributed by atoms with E-state index < -0.39 is 0 Å². The van der Waals surface area contributed by atoms with Gasteiger partial charge >= 0.3 is 0 Å². The second-order valence-electron chi connectivity index (χ2n) is 5.03. The standard InChI is InChI=1S/C15H24N2O2/c1-2-12-19-14-7-5-9-16-15(14)17-10-4-3-6-13(17)8-11-18/h5,7,9,13,18H,2-4,6,8,10-12H2,1H3. The molecule has 106 valence electrons. The molecule has 1 fully saturated rings.